The van der Waals surface area contributed by atoms with E-state index in [9.17, 15) is 9.18 Å². The van der Waals surface area contributed by atoms with Crippen LogP contribution in [0.25, 0.3) is 10.8 Å². The number of hydrogen-bond acceptors (Lipinski definition) is 4. The molecule has 116 valence electrons. The first kappa shape index (κ1) is 14.1. The van der Waals surface area contributed by atoms with Gasteiger partial charge in [0, 0.05) is 29.7 Å². The van der Waals surface area contributed by atoms with Gasteiger partial charge in [-0.1, -0.05) is 12.1 Å². The fraction of sp³-hybridized carbons (Fsp3) is 0.188. The molecule has 1 amide bonds. The first-order chi connectivity index (χ1) is 11.2. The zero-order chi connectivity index (χ0) is 15.8. The van der Waals surface area contributed by atoms with Crippen LogP contribution in [0.1, 0.15) is 27.7 Å². The molecule has 23 heavy (non-hydrogen) atoms. The molecule has 0 saturated heterocycles. The van der Waals surface area contributed by atoms with E-state index in [1.165, 1.54) is 23.5 Å². The van der Waals surface area contributed by atoms with Crippen molar-refractivity contribution in [1.82, 2.24) is 20.3 Å². The Balaban J connectivity index is 1.69. The normalized spacial score (nSPS) is 17.4. The van der Waals surface area contributed by atoms with E-state index in [0.29, 0.717) is 24.5 Å². The molecule has 0 fully saturated rings. The topological polar surface area (TPSA) is 70.7 Å². The first-order valence-electron chi connectivity index (χ1n) is 7.23. The second kappa shape index (κ2) is 5.58. The first-order valence-corrected chi connectivity index (χ1v) is 8.11. The van der Waals surface area contributed by atoms with E-state index in [0.717, 1.165) is 16.3 Å². The minimum absolute atomic E-state index is 0.0744. The van der Waals surface area contributed by atoms with Gasteiger partial charge in [0.15, 0.2) is 10.8 Å². The minimum Gasteiger partial charge on any atom is -0.350 e. The van der Waals surface area contributed by atoms with E-state index < -0.39 is 0 Å². The highest BCUT2D eigenvalue weighted by atomic mass is 32.1. The summed E-state index contributed by atoms with van der Waals surface area (Å²) in [7, 11) is 0. The molecule has 7 heteroatoms. The number of fused-ring (bicyclic) bond motifs is 1. The van der Waals surface area contributed by atoms with Gasteiger partial charge < -0.3 is 10.3 Å². The molecule has 3 heterocycles. The number of hydrogen-bond donors (Lipinski definition) is 2. The van der Waals surface area contributed by atoms with Crippen LogP contribution in [-0.4, -0.2) is 27.4 Å². The Morgan fingerprint density at radius 2 is 2.09 bits per heavy atom. The number of aromatic amines is 1. The Labute approximate surface area is 135 Å². The van der Waals surface area contributed by atoms with Crippen molar-refractivity contribution in [2.75, 3.05) is 6.54 Å². The van der Waals surface area contributed by atoms with Crippen LogP contribution in [0.15, 0.2) is 35.8 Å². The number of aromatic nitrogens is 3. The molecule has 0 spiro atoms. The number of halogens is 1. The highest BCUT2D eigenvalue weighted by Gasteiger charge is 2.26. The van der Waals surface area contributed by atoms with Gasteiger partial charge >= 0.3 is 0 Å². The number of imidazole rings is 1. The van der Waals surface area contributed by atoms with E-state index in [2.05, 4.69) is 20.3 Å². The van der Waals surface area contributed by atoms with Gasteiger partial charge in [0.05, 0.1) is 0 Å². The Morgan fingerprint density at radius 1 is 1.26 bits per heavy atom. The Kier molecular flexibility index (Phi) is 3.42. The summed E-state index contributed by atoms with van der Waals surface area (Å²) in [5.74, 6) is 0.230. The smallest absolute Gasteiger partial charge is 0.271 e. The SMILES string of the molecule is O=C1NC[C@@H](c2ccc(F)cc2)Cc2[nH]c(-c3nccs3)nc21. The summed E-state index contributed by atoms with van der Waals surface area (Å²) in [6, 6.07) is 6.40. The van der Waals surface area contributed by atoms with Crippen molar-refractivity contribution in [3.63, 3.8) is 0 Å². The van der Waals surface area contributed by atoms with Crippen LogP contribution in [-0.2, 0) is 6.42 Å². The molecule has 5 nitrogen and oxygen atoms in total. The van der Waals surface area contributed by atoms with E-state index in [1.807, 2.05) is 5.38 Å². The average molecular weight is 328 g/mol. The third kappa shape index (κ3) is 2.63. The monoisotopic (exact) mass is 328 g/mol. The summed E-state index contributed by atoms with van der Waals surface area (Å²) in [5, 5.41) is 5.51. The van der Waals surface area contributed by atoms with Crippen LogP contribution < -0.4 is 5.32 Å². The molecule has 0 unspecified atom stereocenters. The maximum Gasteiger partial charge on any atom is 0.271 e. The maximum atomic E-state index is 13.1. The van der Waals surface area contributed by atoms with Crippen molar-refractivity contribution in [2.45, 2.75) is 12.3 Å². The quantitative estimate of drug-likeness (QED) is 0.760. The molecule has 0 bridgehead atoms. The molecule has 1 aliphatic heterocycles. The number of thiazole rings is 1. The molecule has 4 rings (SSSR count). The second-order valence-corrected chi connectivity index (χ2v) is 6.31. The summed E-state index contributed by atoms with van der Waals surface area (Å²) in [5.41, 5.74) is 2.20. The summed E-state index contributed by atoms with van der Waals surface area (Å²) in [6.45, 7) is 0.501. The lowest BCUT2D eigenvalue weighted by Gasteiger charge is -2.14. The number of H-pyrrole nitrogens is 1. The van der Waals surface area contributed by atoms with Gasteiger partial charge in [-0.25, -0.2) is 14.4 Å². The van der Waals surface area contributed by atoms with Gasteiger partial charge in [-0.3, -0.25) is 4.79 Å². The molecule has 0 aliphatic carbocycles. The highest BCUT2D eigenvalue weighted by molar-refractivity contribution is 7.13. The summed E-state index contributed by atoms with van der Waals surface area (Å²) >= 11 is 1.47. The van der Waals surface area contributed by atoms with Gasteiger partial charge in [0.1, 0.15) is 11.5 Å². The van der Waals surface area contributed by atoms with Crippen molar-refractivity contribution in [3.05, 3.63) is 58.6 Å². The van der Waals surface area contributed by atoms with E-state index >= 15 is 0 Å². The van der Waals surface area contributed by atoms with Crippen molar-refractivity contribution in [3.8, 4) is 10.8 Å². The maximum absolute atomic E-state index is 13.1. The average Bonchev–Trinajstić information content (AvgIpc) is 3.19. The van der Waals surface area contributed by atoms with Crippen LogP contribution in [0.5, 0.6) is 0 Å². The van der Waals surface area contributed by atoms with Crippen molar-refractivity contribution in [1.29, 1.82) is 0 Å². The fourth-order valence-electron chi connectivity index (χ4n) is 2.78. The van der Waals surface area contributed by atoms with Crippen molar-refractivity contribution < 1.29 is 9.18 Å². The van der Waals surface area contributed by atoms with Gasteiger partial charge in [-0.2, -0.15) is 0 Å². The zero-order valence-corrected chi connectivity index (χ0v) is 12.9. The minimum atomic E-state index is -0.264. The van der Waals surface area contributed by atoms with Gasteiger partial charge in [0.25, 0.3) is 5.91 Å². The largest absolute Gasteiger partial charge is 0.350 e. The van der Waals surface area contributed by atoms with Crippen molar-refractivity contribution in [2.24, 2.45) is 0 Å². The van der Waals surface area contributed by atoms with Crippen LogP contribution in [0.2, 0.25) is 0 Å². The number of carbonyl (C=O) groups excluding carboxylic acids is 1. The van der Waals surface area contributed by atoms with E-state index in [1.54, 1.807) is 18.3 Å². The van der Waals surface area contributed by atoms with Crippen LogP contribution in [0.3, 0.4) is 0 Å². The molecular weight excluding hydrogens is 315 g/mol. The van der Waals surface area contributed by atoms with Crippen LogP contribution >= 0.6 is 11.3 Å². The second-order valence-electron chi connectivity index (χ2n) is 5.41. The molecule has 1 aromatic carbocycles. The standard InChI is InChI=1S/C16H13FN4OS/c17-11-3-1-9(2-4-11)10-7-12-13(15(22)19-8-10)21-14(20-12)16-18-5-6-23-16/h1-6,10H,7-8H2,(H,19,22)(H,20,21)/t10-/m0/s1. The number of nitrogens with one attached hydrogen (secondary N) is 2. The number of amides is 1. The predicted molar refractivity (Wildman–Crippen MR) is 84.9 cm³/mol. The van der Waals surface area contributed by atoms with E-state index in [-0.39, 0.29) is 17.6 Å². The molecule has 1 atom stereocenters. The Morgan fingerprint density at radius 3 is 2.83 bits per heavy atom. The molecule has 3 aromatic rings. The molecule has 2 aromatic heterocycles. The Bertz CT molecular complexity index is 842. The van der Waals surface area contributed by atoms with E-state index in [4.69, 9.17) is 0 Å². The molecule has 1 aliphatic rings. The summed E-state index contributed by atoms with van der Waals surface area (Å²) < 4.78 is 13.1. The molecule has 0 radical (unpaired) electrons. The summed E-state index contributed by atoms with van der Waals surface area (Å²) in [4.78, 5) is 24.1. The fourth-order valence-corrected chi connectivity index (χ4v) is 3.36. The van der Waals surface area contributed by atoms with Crippen molar-refractivity contribution >= 4 is 17.2 Å². The van der Waals surface area contributed by atoms with Gasteiger partial charge in [0.2, 0.25) is 0 Å². The molecule has 0 saturated carbocycles. The lowest BCUT2D eigenvalue weighted by molar-refractivity contribution is 0.0950. The number of carbonyl (C=O) groups is 1. The van der Waals surface area contributed by atoms with Gasteiger partial charge in [-0.05, 0) is 24.1 Å². The zero-order valence-electron chi connectivity index (χ0n) is 12.0. The highest BCUT2D eigenvalue weighted by Crippen LogP contribution is 2.27. The van der Waals surface area contributed by atoms with Gasteiger partial charge in [-0.15, -0.1) is 11.3 Å². The van der Waals surface area contributed by atoms with Crippen LogP contribution in [0.4, 0.5) is 4.39 Å². The molecule has 2 N–H and O–H groups in total. The lowest BCUT2D eigenvalue weighted by Crippen LogP contribution is -2.26. The number of benzene rings is 1. The Hall–Kier alpha value is -2.54. The third-order valence-electron chi connectivity index (χ3n) is 3.93. The predicted octanol–water partition coefficient (Wildman–Crippen LogP) is 2.74. The number of nitrogens with zero attached hydrogens (tertiary/aromatic N) is 2. The number of rotatable bonds is 2. The third-order valence-corrected chi connectivity index (χ3v) is 4.71. The lowest BCUT2D eigenvalue weighted by atomic mass is 9.94. The summed E-state index contributed by atoms with van der Waals surface area (Å²) in [6.07, 6.45) is 2.34. The van der Waals surface area contributed by atoms with Crippen LogP contribution in [0, 0.1) is 5.82 Å². The molecular formula is C16H13FN4OS.